The summed E-state index contributed by atoms with van der Waals surface area (Å²) in [6, 6.07) is 6.78. The molecular weight excluding hydrogens is 498 g/mol. The number of aldehydes is 1. The van der Waals surface area contributed by atoms with E-state index in [0.29, 0.717) is 37.1 Å². The van der Waals surface area contributed by atoms with Crippen LogP contribution >= 0.6 is 0 Å². The summed E-state index contributed by atoms with van der Waals surface area (Å²) in [5.41, 5.74) is 1.11. The number of carbonyl (C=O) groups is 5. The van der Waals surface area contributed by atoms with Gasteiger partial charge in [0, 0.05) is 27.2 Å². The third-order valence-electron chi connectivity index (χ3n) is 5.27. The number of rotatable bonds is 14. The van der Waals surface area contributed by atoms with Gasteiger partial charge >= 0.3 is 58.2 Å². The standard InChI is InChI=1S/C24H32N2O6.Rb.H2/c27-13-6-2-1-5-12-25-23(30)16-32-17-24(31)26-19-9-7-8-18(14-19)15-22(29)20-10-3-4-11-21(20)28;;/h7-9,13-14,20H,1-6,10-12,15-17H2,(H2,25,26,30,31);;1H/q;+1;/p-1. The quantitative estimate of drug-likeness (QED) is 0.209. The van der Waals surface area contributed by atoms with Crippen molar-refractivity contribution in [3.63, 3.8) is 0 Å². The van der Waals surface area contributed by atoms with Crippen LogP contribution in [0.5, 0.6) is 0 Å². The number of unbranched alkanes of at least 4 members (excludes halogenated alkanes) is 3. The van der Waals surface area contributed by atoms with Gasteiger partial charge in [0.1, 0.15) is 24.5 Å². The molecular formula is C24H33N2O6Rb. The number of ether oxygens (including phenoxy) is 1. The smallest absolute Gasteiger partial charge is 0.625 e. The third-order valence-corrected chi connectivity index (χ3v) is 5.27. The summed E-state index contributed by atoms with van der Waals surface area (Å²) in [5, 5.41) is 6.64. The number of carbonyl (C=O) groups excluding carboxylic acids is 5. The zero-order chi connectivity index (χ0) is 23.2. The SMILES string of the molecule is O=CCCCCCNC(=O)COCC(=O)[N-]c1cccc(CC(=O)C2CCCCC2=O)c1.[HH].[Rb+]. The van der Waals surface area contributed by atoms with Crippen LogP contribution in [0, 0.1) is 5.92 Å². The van der Waals surface area contributed by atoms with Crippen molar-refractivity contribution in [3.8, 4) is 0 Å². The molecule has 33 heavy (non-hydrogen) atoms. The van der Waals surface area contributed by atoms with Crippen LogP contribution in [0.4, 0.5) is 5.69 Å². The largest absolute Gasteiger partial charge is 1.00 e. The van der Waals surface area contributed by atoms with Gasteiger partial charge in [0.2, 0.25) is 5.91 Å². The number of hydrogen-bond acceptors (Lipinski definition) is 6. The predicted molar refractivity (Wildman–Crippen MR) is 121 cm³/mol. The molecule has 0 aliphatic heterocycles. The Morgan fingerprint density at radius 3 is 2.73 bits per heavy atom. The summed E-state index contributed by atoms with van der Waals surface area (Å²) in [4.78, 5) is 58.3. The van der Waals surface area contributed by atoms with E-state index in [4.69, 9.17) is 4.74 Å². The Morgan fingerprint density at radius 1 is 1.15 bits per heavy atom. The molecule has 1 aliphatic carbocycles. The average molecular weight is 531 g/mol. The van der Waals surface area contributed by atoms with E-state index in [1.807, 2.05) is 0 Å². The monoisotopic (exact) mass is 530 g/mol. The van der Waals surface area contributed by atoms with E-state index in [9.17, 15) is 24.0 Å². The van der Waals surface area contributed by atoms with E-state index < -0.39 is 11.8 Å². The number of nitrogens with one attached hydrogen (secondary N) is 1. The molecule has 2 rings (SSSR count). The normalized spacial score (nSPS) is 15.3. The first-order valence-corrected chi connectivity index (χ1v) is 11.2. The first-order chi connectivity index (χ1) is 15.5. The predicted octanol–water partition coefficient (Wildman–Crippen LogP) is 0.231. The second-order valence-corrected chi connectivity index (χ2v) is 7.94. The first kappa shape index (κ1) is 30.0. The van der Waals surface area contributed by atoms with E-state index in [1.54, 1.807) is 24.3 Å². The van der Waals surface area contributed by atoms with Gasteiger partial charge < -0.3 is 25.0 Å². The van der Waals surface area contributed by atoms with Crippen molar-refractivity contribution in [1.82, 2.24) is 5.32 Å². The van der Waals surface area contributed by atoms with Crippen molar-refractivity contribution >= 4 is 35.4 Å². The number of nitrogens with zero attached hydrogens (tertiary/aromatic N) is 1. The Labute approximate surface area is 245 Å². The molecule has 1 aromatic carbocycles. The van der Waals surface area contributed by atoms with Crippen molar-refractivity contribution in [3.05, 3.63) is 35.1 Å². The fourth-order valence-corrected chi connectivity index (χ4v) is 3.60. The van der Waals surface area contributed by atoms with Crippen LogP contribution in [0.2, 0.25) is 0 Å². The fourth-order valence-electron chi connectivity index (χ4n) is 3.60. The zero-order valence-corrected chi connectivity index (χ0v) is 24.3. The van der Waals surface area contributed by atoms with E-state index in [0.717, 1.165) is 38.4 Å². The summed E-state index contributed by atoms with van der Waals surface area (Å²) < 4.78 is 5.12. The van der Waals surface area contributed by atoms with Crippen molar-refractivity contribution in [2.75, 3.05) is 19.8 Å². The van der Waals surface area contributed by atoms with Gasteiger partial charge in [-0.1, -0.05) is 37.1 Å². The van der Waals surface area contributed by atoms with Gasteiger partial charge in [0.15, 0.2) is 0 Å². The molecule has 1 atom stereocenters. The maximum atomic E-state index is 12.5. The van der Waals surface area contributed by atoms with Crippen LogP contribution < -0.4 is 63.5 Å². The molecule has 0 bridgehead atoms. The Morgan fingerprint density at radius 2 is 1.97 bits per heavy atom. The second kappa shape index (κ2) is 17.4. The Hall–Kier alpha value is -1.06. The Kier molecular flexibility index (Phi) is 15.8. The number of hydrogen-bond donors (Lipinski definition) is 1. The van der Waals surface area contributed by atoms with Gasteiger partial charge in [-0.25, -0.2) is 0 Å². The zero-order valence-electron chi connectivity index (χ0n) is 19.3. The second-order valence-electron chi connectivity index (χ2n) is 7.94. The molecule has 1 saturated carbocycles. The van der Waals surface area contributed by atoms with E-state index in [2.05, 4.69) is 10.6 Å². The fraction of sp³-hybridized carbons (Fsp3) is 0.542. The maximum Gasteiger partial charge on any atom is 1.00 e. The minimum absolute atomic E-state index is 0. The average Bonchev–Trinajstić information content (AvgIpc) is 2.76. The molecule has 0 radical (unpaired) electrons. The van der Waals surface area contributed by atoms with Crippen molar-refractivity contribution in [1.29, 1.82) is 0 Å². The van der Waals surface area contributed by atoms with Crippen LogP contribution in [0.25, 0.3) is 5.32 Å². The van der Waals surface area contributed by atoms with E-state index >= 15 is 0 Å². The summed E-state index contributed by atoms with van der Waals surface area (Å²) in [6.07, 6.45) is 6.83. The van der Waals surface area contributed by atoms with Gasteiger partial charge in [-0.05, 0) is 31.2 Å². The number of benzene rings is 1. The number of amides is 2. The first-order valence-electron chi connectivity index (χ1n) is 11.2. The minimum Gasteiger partial charge on any atom is -0.625 e. The van der Waals surface area contributed by atoms with Gasteiger partial charge in [0.05, 0.1) is 18.4 Å². The van der Waals surface area contributed by atoms with Gasteiger partial charge in [-0.3, -0.25) is 14.4 Å². The summed E-state index contributed by atoms with van der Waals surface area (Å²) in [6.45, 7) is -0.0661. The minimum atomic E-state index is -0.530. The molecule has 0 heterocycles. The van der Waals surface area contributed by atoms with E-state index in [1.165, 1.54) is 0 Å². The molecule has 2 amide bonds. The summed E-state index contributed by atoms with van der Waals surface area (Å²) in [5.74, 6) is -1.42. The molecule has 1 aliphatic rings. The molecule has 8 nitrogen and oxygen atoms in total. The maximum absolute atomic E-state index is 12.5. The van der Waals surface area contributed by atoms with Gasteiger partial charge in [-0.2, -0.15) is 0 Å². The van der Waals surface area contributed by atoms with Gasteiger partial charge in [-0.15, -0.1) is 5.69 Å². The number of Topliss-reactive ketones (excluding diaryl/α,β-unsaturated/α-hetero) is 2. The molecule has 9 heteroatoms. The molecule has 0 aromatic heterocycles. The van der Waals surface area contributed by atoms with Crippen LogP contribution in [-0.2, 0) is 35.1 Å². The van der Waals surface area contributed by atoms with Crippen LogP contribution in [0.3, 0.4) is 0 Å². The van der Waals surface area contributed by atoms with E-state index in [-0.39, 0.29) is 96.7 Å². The molecule has 0 spiro atoms. The topological polar surface area (TPSA) is 121 Å². The summed E-state index contributed by atoms with van der Waals surface area (Å²) >= 11 is 0. The molecule has 1 aromatic rings. The number of ketones is 2. The van der Waals surface area contributed by atoms with Crippen molar-refractivity contribution in [2.45, 2.75) is 57.8 Å². The van der Waals surface area contributed by atoms with Crippen LogP contribution in [0.1, 0.15) is 58.4 Å². The van der Waals surface area contributed by atoms with Crippen LogP contribution in [-0.4, -0.2) is 49.4 Å². The molecule has 1 fully saturated rings. The Bertz CT molecular complexity index is 820. The van der Waals surface area contributed by atoms with Crippen molar-refractivity contribution < 1.29 is 88.3 Å². The van der Waals surface area contributed by atoms with Gasteiger partial charge in [0.25, 0.3) is 0 Å². The molecule has 0 saturated heterocycles. The molecule has 1 N–H and O–H groups in total. The third kappa shape index (κ3) is 12.3. The van der Waals surface area contributed by atoms with Crippen LogP contribution in [0.15, 0.2) is 24.3 Å². The Balaban J connectivity index is 0.00000544. The summed E-state index contributed by atoms with van der Waals surface area (Å²) in [7, 11) is 0. The molecule has 176 valence electrons. The molecule has 1 unspecified atom stereocenters. The van der Waals surface area contributed by atoms with Crippen molar-refractivity contribution in [2.24, 2.45) is 5.92 Å².